The molecule has 4 N–H and O–H groups in total. The van der Waals surface area contributed by atoms with Gasteiger partial charge in [-0.2, -0.15) is 13.2 Å². The predicted octanol–water partition coefficient (Wildman–Crippen LogP) is 2.32. The average Bonchev–Trinajstić information content (AvgIpc) is 3.17. The van der Waals surface area contributed by atoms with Gasteiger partial charge < -0.3 is 35.1 Å². The van der Waals surface area contributed by atoms with Gasteiger partial charge in [0, 0.05) is 30.6 Å². The number of piperidine rings is 1. The minimum Gasteiger partial charge on any atom is -0.634 e. The van der Waals surface area contributed by atoms with Crippen LogP contribution in [0.15, 0.2) is 0 Å². The number of nitrogens with one attached hydrogen (secondary N) is 1. The van der Waals surface area contributed by atoms with Gasteiger partial charge in [-0.25, -0.2) is 4.79 Å². The molecule has 1 saturated heterocycles. The summed E-state index contributed by atoms with van der Waals surface area (Å²) >= 11 is 0. The van der Waals surface area contributed by atoms with E-state index >= 15 is 0 Å². The summed E-state index contributed by atoms with van der Waals surface area (Å²) < 4.78 is 44.8. The van der Waals surface area contributed by atoms with Gasteiger partial charge in [0.25, 0.3) is 0 Å². The minimum atomic E-state index is -5.08. The molecule has 1 aromatic carbocycles. The van der Waals surface area contributed by atoms with Crippen LogP contribution in [0.4, 0.5) is 13.2 Å². The fraction of sp³-hybridized carbons (Fsp3) is 0.720. The van der Waals surface area contributed by atoms with Crippen LogP contribution in [0.25, 0.3) is 0 Å². The van der Waals surface area contributed by atoms with Crippen molar-refractivity contribution in [3.05, 3.63) is 27.5 Å². The van der Waals surface area contributed by atoms with Gasteiger partial charge in [0.05, 0.1) is 18.1 Å². The molecular weight excluding hydrogens is 483 g/mol. The molecule has 11 heteroatoms. The summed E-state index contributed by atoms with van der Waals surface area (Å²) in [4.78, 5) is 8.90. The lowest BCUT2D eigenvalue weighted by atomic mass is 9.48. The molecule has 8 nitrogen and oxygen atoms in total. The van der Waals surface area contributed by atoms with E-state index in [1.54, 1.807) is 0 Å². The summed E-state index contributed by atoms with van der Waals surface area (Å²) in [6.07, 6.45) is -1.07. The van der Waals surface area contributed by atoms with Crippen molar-refractivity contribution in [2.24, 2.45) is 0 Å². The van der Waals surface area contributed by atoms with E-state index in [2.05, 4.69) is 20.8 Å². The van der Waals surface area contributed by atoms with Crippen molar-refractivity contribution in [3.8, 4) is 11.5 Å². The van der Waals surface area contributed by atoms with Crippen LogP contribution >= 0.6 is 0 Å². The lowest BCUT2D eigenvalue weighted by molar-refractivity contribution is -0.895. The van der Waals surface area contributed by atoms with Crippen LogP contribution in [0.1, 0.15) is 68.2 Å². The van der Waals surface area contributed by atoms with Gasteiger partial charge in [-0.15, -0.1) is 0 Å². The van der Waals surface area contributed by atoms with E-state index in [1.165, 1.54) is 0 Å². The van der Waals surface area contributed by atoms with Crippen LogP contribution in [0.2, 0.25) is 0 Å². The first kappa shape index (κ1) is 27.0. The second kappa shape index (κ2) is 9.34. The maximum atomic E-state index is 13.2. The number of benzene rings is 1. The molecule has 1 spiro atoms. The molecule has 2 fully saturated rings. The zero-order valence-electron chi connectivity index (χ0n) is 20.7. The highest BCUT2D eigenvalue weighted by molar-refractivity contribution is 5.73. The minimum absolute atomic E-state index is 0.197. The number of halogens is 3. The van der Waals surface area contributed by atoms with E-state index in [0.717, 1.165) is 41.5 Å². The average molecular weight is 518 g/mol. The van der Waals surface area contributed by atoms with Gasteiger partial charge in [-0.05, 0) is 43.7 Å². The Morgan fingerprint density at radius 3 is 2.53 bits per heavy atom. The van der Waals surface area contributed by atoms with Crippen molar-refractivity contribution in [1.29, 1.82) is 0 Å². The van der Waals surface area contributed by atoms with Crippen LogP contribution < -0.4 is 9.80 Å². The highest BCUT2D eigenvalue weighted by atomic mass is 19.4. The van der Waals surface area contributed by atoms with Crippen molar-refractivity contribution in [2.45, 2.75) is 101 Å². The van der Waals surface area contributed by atoms with Crippen LogP contribution in [0.3, 0.4) is 0 Å². The highest BCUT2D eigenvalue weighted by Crippen LogP contribution is 2.65. The molecule has 36 heavy (non-hydrogen) atoms. The van der Waals surface area contributed by atoms with Crippen molar-refractivity contribution in [2.75, 3.05) is 13.2 Å². The lowest BCUT2D eigenvalue weighted by Crippen LogP contribution is -3.18. The molecule has 1 aromatic rings. The maximum Gasteiger partial charge on any atom is 0.490 e. The molecule has 0 radical (unpaired) electrons. The Morgan fingerprint density at radius 2 is 1.94 bits per heavy atom. The Bertz CT molecular complexity index is 1030. The second-order valence-corrected chi connectivity index (χ2v) is 10.3. The van der Waals surface area contributed by atoms with Gasteiger partial charge in [-0.3, -0.25) is 0 Å². The SMILES string of the molecule is CCCOC12CC[C@@H](O)[C@@H]3Oc4c(O)c(CCC)c(C)c5c4[C@@]31CC[NH+]([O-])[C@@H]2C5.O=C(O)C(F)(F)F. The number of aromatic hydroxyl groups is 1. The molecule has 0 aromatic heterocycles. The Balaban J connectivity index is 0.000000384. The number of hydroxylamine groups is 2. The summed E-state index contributed by atoms with van der Waals surface area (Å²) in [5.74, 6) is -1.97. The fourth-order valence-electron chi connectivity index (χ4n) is 7.09. The number of aliphatic carboxylic acids is 1. The summed E-state index contributed by atoms with van der Waals surface area (Å²) in [7, 11) is 0. The molecule has 2 aliphatic carbocycles. The van der Waals surface area contributed by atoms with E-state index in [9.17, 15) is 28.6 Å². The van der Waals surface area contributed by atoms with E-state index in [0.29, 0.717) is 44.6 Å². The molecule has 5 rings (SSSR count). The number of quaternary nitrogens is 1. The largest absolute Gasteiger partial charge is 0.634 e. The molecule has 2 aliphatic heterocycles. The monoisotopic (exact) mass is 517 g/mol. The van der Waals surface area contributed by atoms with E-state index in [1.807, 2.05) is 0 Å². The van der Waals surface area contributed by atoms with Crippen LogP contribution in [0, 0.1) is 12.1 Å². The van der Waals surface area contributed by atoms with Gasteiger partial charge in [0.15, 0.2) is 11.5 Å². The fourth-order valence-corrected chi connectivity index (χ4v) is 7.09. The molecule has 4 aliphatic rings. The van der Waals surface area contributed by atoms with Gasteiger partial charge >= 0.3 is 12.1 Å². The van der Waals surface area contributed by atoms with E-state index in [-0.39, 0.29) is 16.9 Å². The molecule has 0 amide bonds. The van der Waals surface area contributed by atoms with Gasteiger partial charge in [0.2, 0.25) is 0 Å². The molecule has 202 valence electrons. The highest BCUT2D eigenvalue weighted by Gasteiger charge is 2.75. The molecule has 6 atom stereocenters. The third-order valence-electron chi connectivity index (χ3n) is 8.46. The number of aliphatic hydroxyl groups excluding tert-OH is 1. The first-order valence-corrected chi connectivity index (χ1v) is 12.6. The third kappa shape index (κ3) is 3.69. The van der Waals surface area contributed by atoms with Crippen LogP contribution in [0.5, 0.6) is 11.5 Å². The number of carboxylic acids is 1. The first-order chi connectivity index (χ1) is 16.9. The summed E-state index contributed by atoms with van der Waals surface area (Å²) in [5, 5.41) is 42.8. The number of hydrogen-bond acceptors (Lipinski definition) is 6. The standard InChI is InChI=1S/C23H33NO5.C2HF3O2/c1-4-6-14-13(3)15-12-17-23(28-11-5-2)8-7-16(25)21-22(23,9-10-24(17)27)18(15)20(29-21)19(14)26;3-2(4,5)1(6)7/h16-17,21,24-26H,4-12H2,1-3H3;(H,6,7)/t16-,17-,21+,22+,23?;/m1./s1. The quantitative estimate of drug-likeness (QED) is 0.442. The Morgan fingerprint density at radius 1 is 1.28 bits per heavy atom. The number of phenolic OH excluding ortho intramolecular Hbond substituents is 1. The normalized spacial score (nSPS) is 33.8. The first-order valence-electron chi connectivity index (χ1n) is 12.6. The predicted molar refractivity (Wildman–Crippen MR) is 122 cm³/mol. The number of aliphatic hydroxyl groups is 1. The van der Waals surface area contributed by atoms with Gasteiger partial charge in [0.1, 0.15) is 17.7 Å². The van der Waals surface area contributed by atoms with Gasteiger partial charge in [-0.1, -0.05) is 20.3 Å². The van der Waals surface area contributed by atoms with Crippen molar-refractivity contribution in [1.82, 2.24) is 0 Å². The zero-order valence-corrected chi connectivity index (χ0v) is 20.7. The lowest BCUT2D eigenvalue weighted by Gasteiger charge is -2.64. The van der Waals surface area contributed by atoms with Crippen molar-refractivity contribution < 1.29 is 47.8 Å². The Kier molecular flexibility index (Phi) is 7.00. The van der Waals surface area contributed by atoms with E-state index in [4.69, 9.17) is 19.4 Å². The second-order valence-electron chi connectivity index (χ2n) is 10.3. The molecular formula is C25H34F3NO7. The summed E-state index contributed by atoms with van der Waals surface area (Å²) in [5.41, 5.74) is 3.04. The zero-order chi connectivity index (χ0) is 26.6. The molecule has 2 heterocycles. The number of ether oxygens (including phenoxy) is 2. The Hall–Kier alpha value is -2.08. The van der Waals surface area contributed by atoms with Crippen LogP contribution in [-0.4, -0.2) is 64.5 Å². The smallest absolute Gasteiger partial charge is 0.490 e. The molecule has 2 bridgehead atoms. The van der Waals surface area contributed by atoms with Crippen molar-refractivity contribution in [3.63, 3.8) is 0 Å². The topological polar surface area (TPSA) is 124 Å². The maximum absolute atomic E-state index is 13.2. The molecule has 2 unspecified atom stereocenters. The number of carboxylic acid groups (broad SMARTS) is 1. The third-order valence-corrected chi connectivity index (χ3v) is 8.46. The summed E-state index contributed by atoms with van der Waals surface area (Å²) in [6.45, 7) is 7.34. The number of carbonyl (C=O) groups is 1. The van der Waals surface area contributed by atoms with Crippen LogP contribution in [-0.2, 0) is 27.8 Å². The van der Waals surface area contributed by atoms with Crippen molar-refractivity contribution >= 4 is 5.97 Å². The number of phenols is 1. The number of alkyl halides is 3. The summed E-state index contributed by atoms with van der Waals surface area (Å²) in [6, 6.07) is -0.197. The number of rotatable bonds is 5. The molecule has 1 saturated carbocycles. The van der Waals surface area contributed by atoms with E-state index < -0.39 is 35.4 Å². The number of hydrogen-bond donors (Lipinski definition) is 4. The Labute approximate surface area is 207 Å².